The van der Waals surface area contributed by atoms with Gasteiger partial charge in [0.2, 0.25) is 0 Å². The quantitative estimate of drug-likeness (QED) is 0.830. The number of hydrogen-bond donors (Lipinski definition) is 1. The van der Waals surface area contributed by atoms with Gasteiger partial charge in [0.25, 0.3) is 10.0 Å². The molecule has 9 heteroatoms. The number of methoxy groups -OCH3 is 2. The summed E-state index contributed by atoms with van der Waals surface area (Å²) < 4.78 is 50.4. The zero-order valence-electron chi connectivity index (χ0n) is 12.7. The minimum Gasteiger partial charge on any atom is -0.545 e. The average Bonchev–Trinajstić information content (AvgIpc) is 2.55. The fourth-order valence-electron chi connectivity index (χ4n) is 1.99. The second kappa shape index (κ2) is 6.75. The zero-order valence-corrected chi connectivity index (χ0v) is 13.5. The fraction of sp³-hybridized carbons (Fsp3) is 0.133. The first kappa shape index (κ1) is 17.5. The molecule has 7 nitrogen and oxygen atoms in total. The lowest BCUT2D eigenvalue weighted by atomic mass is 10.2. The number of carbonyl (C=O) groups is 1. The highest BCUT2D eigenvalue weighted by molar-refractivity contribution is 7.92. The number of anilines is 1. The van der Waals surface area contributed by atoms with Crippen LogP contribution in [0.3, 0.4) is 0 Å². The molecule has 0 bridgehead atoms. The molecule has 2 aromatic rings. The van der Waals surface area contributed by atoms with E-state index in [-0.39, 0.29) is 17.2 Å². The van der Waals surface area contributed by atoms with Gasteiger partial charge in [-0.15, -0.1) is 0 Å². The van der Waals surface area contributed by atoms with Crippen molar-refractivity contribution >= 4 is 21.7 Å². The van der Waals surface area contributed by atoms with Crippen LogP contribution in [-0.2, 0) is 10.0 Å². The standard InChI is InChI=1S/C15H14FNO6S/c1-22-13-8-9(7-10(15(18)19)14(13)23-2)24(20,21)17-12-6-4-3-5-11(12)16/h3-8,17H,1-2H3,(H,18,19)/p-1. The molecule has 2 aromatic carbocycles. The Morgan fingerprint density at radius 2 is 1.83 bits per heavy atom. The molecule has 1 N–H and O–H groups in total. The molecule has 24 heavy (non-hydrogen) atoms. The Morgan fingerprint density at radius 3 is 2.38 bits per heavy atom. The molecule has 0 aliphatic heterocycles. The summed E-state index contributed by atoms with van der Waals surface area (Å²) in [5, 5.41) is 11.2. The average molecular weight is 354 g/mol. The van der Waals surface area contributed by atoms with Crippen molar-refractivity contribution in [3.8, 4) is 11.5 Å². The van der Waals surface area contributed by atoms with Gasteiger partial charge in [0.05, 0.1) is 30.8 Å². The monoisotopic (exact) mass is 354 g/mol. The summed E-state index contributed by atoms with van der Waals surface area (Å²) in [5.41, 5.74) is -0.784. The molecule has 0 saturated heterocycles. The summed E-state index contributed by atoms with van der Waals surface area (Å²) in [6, 6.07) is 7.07. The van der Waals surface area contributed by atoms with Crippen molar-refractivity contribution in [2.75, 3.05) is 18.9 Å². The molecular formula is C15H13FNO6S-. The minimum atomic E-state index is -4.27. The summed E-state index contributed by atoms with van der Waals surface area (Å²) in [6.45, 7) is 0. The van der Waals surface area contributed by atoms with Crippen molar-refractivity contribution in [1.29, 1.82) is 0 Å². The number of benzene rings is 2. The summed E-state index contributed by atoms with van der Waals surface area (Å²) in [6.07, 6.45) is 0. The van der Waals surface area contributed by atoms with E-state index in [4.69, 9.17) is 9.47 Å². The Labute approximate surface area is 137 Å². The fourth-order valence-corrected chi connectivity index (χ4v) is 3.10. The number of halogens is 1. The molecule has 0 radical (unpaired) electrons. The van der Waals surface area contributed by atoms with Crippen LogP contribution in [0, 0.1) is 5.82 Å². The third kappa shape index (κ3) is 3.40. The number of ether oxygens (including phenoxy) is 2. The van der Waals surface area contributed by atoms with Gasteiger partial charge >= 0.3 is 0 Å². The van der Waals surface area contributed by atoms with Crippen LogP contribution in [0.5, 0.6) is 11.5 Å². The number of aromatic carboxylic acids is 1. The predicted molar refractivity (Wildman–Crippen MR) is 81.1 cm³/mol. The normalized spacial score (nSPS) is 11.0. The van der Waals surface area contributed by atoms with Crippen LogP contribution < -0.4 is 19.3 Å². The molecule has 0 unspecified atom stereocenters. The van der Waals surface area contributed by atoms with Crippen LogP contribution in [-0.4, -0.2) is 28.6 Å². The lowest BCUT2D eigenvalue weighted by Gasteiger charge is -2.16. The number of rotatable bonds is 6. The number of sulfonamides is 1. The minimum absolute atomic E-state index is 0.117. The third-order valence-electron chi connectivity index (χ3n) is 3.10. The van der Waals surface area contributed by atoms with Gasteiger partial charge in [0.1, 0.15) is 5.82 Å². The zero-order chi connectivity index (χ0) is 17.9. The first-order valence-corrected chi connectivity index (χ1v) is 8.03. The number of carbonyl (C=O) groups excluding carboxylic acids is 1. The van der Waals surface area contributed by atoms with Crippen LogP contribution in [0.2, 0.25) is 0 Å². The van der Waals surface area contributed by atoms with E-state index >= 15 is 0 Å². The largest absolute Gasteiger partial charge is 0.545 e. The molecule has 0 fully saturated rings. The van der Waals surface area contributed by atoms with Crippen molar-refractivity contribution in [1.82, 2.24) is 0 Å². The van der Waals surface area contributed by atoms with Crippen LogP contribution in [0.15, 0.2) is 41.3 Å². The first-order valence-electron chi connectivity index (χ1n) is 6.55. The Morgan fingerprint density at radius 1 is 1.17 bits per heavy atom. The molecule has 2 rings (SSSR count). The van der Waals surface area contributed by atoms with Crippen molar-refractivity contribution in [2.45, 2.75) is 4.90 Å². The van der Waals surface area contributed by atoms with Gasteiger partial charge in [0, 0.05) is 11.6 Å². The highest BCUT2D eigenvalue weighted by Crippen LogP contribution is 2.34. The van der Waals surface area contributed by atoms with Gasteiger partial charge < -0.3 is 19.4 Å². The highest BCUT2D eigenvalue weighted by atomic mass is 32.2. The second-order valence-electron chi connectivity index (χ2n) is 4.58. The van der Waals surface area contributed by atoms with E-state index in [0.29, 0.717) is 0 Å². The van der Waals surface area contributed by atoms with Gasteiger partial charge in [-0.25, -0.2) is 12.8 Å². The Balaban J connectivity index is 2.56. The molecule has 0 atom stereocenters. The van der Waals surface area contributed by atoms with Crippen molar-refractivity contribution < 1.29 is 32.2 Å². The van der Waals surface area contributed by atoms with Crippen LogP contribution >= 0.6 is 0 Å². The molecule has 0 saturated carbocycles. The molecule has 0 aromatic heterocycles. The number of nitrogens with one attached hydrogen (secondary N) is 1. The predicted octanol–water partition coefficient (Wildman–Crippen LogP) is 1.01. The smallest absolute Gasteiger partial charge is 0.262 e. The van der Waals surface area contributed by atoms with E-state index < -0.39 is 32.3 Å². The highest BCUT2D eigenvalue weighted by Gasteiger charge is 2.22. The number of hydrogen-bond acceptors (Lipinski definition) is 6. The first-order chi connectivity index (χ1) is 11.3. The SMILES string of the molecule is COc1cc(S(=O)(=O)Nc2ccccc2F)cc(C(=O)[O-])c1OC. The number of para-hydroxylation sites is 1. The van der Waals surface area contributed by atoms with E-state index in [1.54, 1.807) is 0 Å². The molecule has 0 amide bonds. The molecule has 0 aliphatic carbocycles. The van der Waals surface area contributed by atoms with Crippen molar-refractivity contribution in [3.63, 3.8) is 0 Å². The van der Waals surface area contributed by atoms with E-state index in [9.17, 15) is 22.7 Å². The second-order valence-corrected chi connectivity index (χ2v) is 6.26. The number of carboxylic acids is 1. The van der Waals surface area contributed by atoms with Gasteiger partial charge in [0.15, 0.2) is 11.5 Å². The lowest BCUT2D eigenvalue weighted by Crippen LogP contribution is -2.24. The van der Waals surface area contributed by atoms with E-state index in [1.165, 1.54) is 32.4 Å². The summed E-state index contributed by atoms with van der Waals surface area (Å²) >= 11 is 0. The van der Waals surface area contributed by atoms with Gasteiger partial charge in [-0.1, -0.05) is 12.1 Å². The van der Waals surface area contributed by atoms with Crippen LogP contribution in [0.4, 0.5) is 10.1 Å². The molecule has 0 aliphatic rings. The van der Waals surface area contributed by atoms with E-state index in [0.717, 1.165) is 18.2 Å². The van der Waals surface area contributed by atoms with Gasteiger partial charge in [-0.3, -0.25) is 4.72 Å². The van der Waals surface area contributed by atoms with Crippen molar-refractivity contribution in [2.24, 2.45) is 0 Å². The molecule has 0 spiro atoms. The topological polar surface area (TPSA) is 105 Å². The third-order valence-corrected chi connectivity index (χ3v) is 4.45. The van der Waals surface area contributed by atoms with Crippen LogP contribution in [0.25, 0.3) is 0 Å². The van der Waals surface area contributed by atoms with Gasteiger partial charge in [-0.05, 0) is 18.2 Å². The number of carboxylic acid groups (broad SMARTS) is 1. The lowest BCUT2D eigenvalue weighted by molar-refractivity contribution is -0.255. The summed E-state index contributed by atoms with van der Waals surface area (Å²) in [5.74, 6) is -2.72. The Bertz CT molecular complexity index is 882. The maximum absolute atomic E-state index is 13.6. The maximum Gasteiger partial charge on any atom is 0.262 e. The van der Waals surface area contributed by atoms with Gasteiger partial charge in [-0.2, -0.15) is 0 Å². The van der Waals surface area contributed by atoms with E-state index in [2.05, 4.69) is 0 Å². The molecular weight excluding hydrogens is 341 g/mol. The molecule has 0 heterocycles. The van der Waals surface area contributed by atoms with E-state index in [1.807, 2.05) is 4.72 Å². The Kier molecular flexibility index (Phi) is 4.93. The maximum atomic E-state index is 13.6. The van der Waals surface area contributed by atoms with Crippen LogP contribution in [0.1, 0.15) is 10.4 Å². The molecule has 128 valence electrons. The summed E-state index contributed by atoms with van der Waals surface area (Å²) in [7, 11) is -1.84. The van der Waals surface area contributed by atoms with Crippen molar-refractivity contribution in [3.05, 3.63) is 47.8 Å². The Hall–Kier alpha value is -2.81. The summed E-state index contributed by atoms with van der Waals surface area (Å²) in [4.78, 5) is 10.8.